The molecule has 0 aliphatic heterocycles. The lowest BCUT2D eigenvalue weighted by Crippen LogP contribution is -2.25. The fraction of sp³-hybridized carbons (Fsp3) is 0.429. The molecule has 0 aliphatic rings. The molecule has 1 N–H and O–H groups in total. The van der Waals surface area contributed by atoms with E-state index in [-0.39, 0.29) is 5.69 Å². The number of aryl methyl sites for hydroxylation is 2. The number of anilines is 1. The van der Waals surface area contributed by atoms with Gasteiger partial charge in [-0.05, 0) is 30.0 Å². The number of pyridine rings is 1. The van der Waals surface area contributed by atoms with Gasteiger partial charge in [0.25, 0.3) is 0 Å². The highest BCUT2D eigenvalue weighted by atomic mass is 16.1. The Morgan fingerprint density at radius 2 is 2.05 bits per heavy atom. The molecule has 20 heavy (non-hydrogen) atoms. The summed E-state index contributed by atoms with van der Waals surface area (Å²) in [5.74, 6) is 0.337. The highest BCUT2D eigenvalue weighted by Crippen LogP contribution is 2.15. The van der Waals surface area contributed by atoms with Crippen molar-refractivity contribution in [3.63, 3.8) is 0 Å². The van der Waals surface area contributed by atoms with Crippen molar-refractivity contribution in [1.82, 2.24) is 19.5 Å². The number of aromatic nitrogens is 4. The van der Waals surface area contributed by atoms with Gasteiger partial charge in [0, 0.05) is 18.9 Å². The van der Waals surface area contributed by atoms with Crippen LogP contribution in [0.4, 0.5) is 5.95 Å². The molecule has 0 saturated carbocycles. The van der Waals surface area contributed by atoms with Crippen LogP contribution in [0, 0.1) is 0 Å². The van der Waals surface area contributed by atoms with Crippen molar-refractivity contribution in [2.24, 2.45) is 0 Å². The van der Waals surface area contributed by atoms with Gasteiger partial charge in [-0.2, -0.15) is 4.98 Å². The Labute approximate surface area is 117 Å². The van der Waals surface area contributed by atoms with Gasteiger partial charge in [-0.3, -0.25) is 9.55 Å². The van der Waals surface area contributed by atoms with Crippen molar-refractivity contribution in [2.75, 3.05) is 12.4 Å². The van der Waals surface area contributed by atoms with Crippen LogP contribution in [-0.2, 0) is 19.4 Å². The molecule has 0 atom stereocenters. The molecule has 2 rings (SSSR count). The van der Waals surface area contributed by atoms with Crippen LogP contribution in [0.3, 0.4) is 0 Å². The van der Waals surface area contributed by atoms with Gasteiger partial charge in [0.15, 0.2) is 0 Å². The smallest absolute Gasteiger partial charge is 0.352 e. The summed E-state index contributed by atoms with van der Waals surface area (Å²) in [5, 5.41) is 2.76. The molecule has 6 heteroatoms. The van der Waals surface area contributed by atoms with Crippen LogP contribution in [0.1, 0.15) is 30.7 Å². The van der Waals surface area contributed by atoms with Gasteiger partial charge in [-0.15, -0.1) is 0 Å². The molecule has 0 aromatic carbocycles. The van der Waals surface area contributed by atoms with Crippen LogP contribution in [0.5, 0.6) is 0 Å². The highest BCUT2D eigenvalue weighted by molar-refractivity contribution is 5.30. The first-order valence-corrected chi connectivity index (χ1v) is 6.76. The van der Waals surface area contributed by atoms with Crippen molar-refractivity contribution < 1.29 is 0 Å². The van der Waals surface area contributed by atoms with E-state index in [9.17, 15) is 4.79 Å². The third-order valence-corrected chi connectivity index (χ3v) is 3.28. The van der Waals surface area contributed by atoms with Crippen LogP contribution in [0.15, 0.2) is 23.4 Å². The molecule has 0 radical (unpaired) electrons. The molecule has 2 aromatic rings. The predicted octanol–water partition coefficient (Wildman–Crippen LogP) is 1.25. The van der Waals surface area contributed by atoms with Crippen molar-refractivity contribution in [3.05, 3.63) is 45.9 Å². The normalized spacial score (nSPS) is 10.6. The molecule has 0 amide bonds. The maximum Gasteiger partial charge on any atom is 0.352 e. The monoisotopic (exact) mass is 273 g/mol. The summed E-state index contributed by atoms with van der Waals surface area (Å²) in [7, 11) is 1.69. The maximum absolute atomic E-state index is 12.0. The van der Waals surface area contributed by atoms with Gasteiger partial charge in [0.05, 0.1) is 6.54 Å². The number of rotatable bonds is 5. The number of hydrogen-bond donors (Lipinski definition) is 1. The number of hydrogen-bond acceptors (Lipinski definition) is 5. The summed E-state index contributed by atoms with van der Waals surface area (Å²) in [4.78, 5) is 24.3. The Hall–Kier alpha value is -2.24. The summed E-state index contributed by atoms with van der Waals surface area (Å²) in [6.45, 7) is 4.62. The Balaban J connectivity index is 2.41. The van der Waals surface area contributed by atoms with Gasteiger partial charge >= 0.3 is 5.69 Å². The average Bonchev–Trinajstić information content (AvgIpc) is 2.49. The summed E-state index contributed by atoms with van der Waals surface area (Å²) < 4.78 is 1.51. The van der Waals surface area contributed by atoms with E-state index in [1.807, 2.05) is 12.3 Å². The van der Waals surface area contributed by atoms with E-state index in [0.717, 1.165) is 24.1 Å². The quantitative estimate of drug-likeness (QED) is 0.887. The minimum atomic E-state index is -0.308. The molecule has 0 aliphatic carbocycles. The lowest BCUT2D eigenvalue weighted by molar-refractivity contribution is 0.687. The second kappa shape index (κ2) is 6.27. The summed E-state index contributed by atoms with van der Waals surface area (Å²) in [5.41, 5.74) is 3.02. The lowest BCUT2D eigenvalue weighted by atomic mass is 10.0. The van der Waals surface area contributed by atoms with Crippen LogP contribution in [0.25, 0.3) is 0 Å². The van der Waals surface area contributed by atoms with Gasteiger partial charge in [0.1, 0.15) is 6.33 Å². The molecule has 0 saturated heterocycles. The SMILES string of the molecule is CCc1ccnc(CC)c1Cn1cnc(NC)nc1=O. The van der Waals surface area contributed by atoms with E-state index < -0.39 is 0 Å². The third-order valence-electron chi connectivity index (χ3n) is 3.28. The van der Waals surface area contributed by atoms with Crippen LogP contribution in [0.2, 0.25) is 0 Å². The van der Waals surface area contributed by atoms with Gasteiger partial charge < -0.3 is 5.32 Å². The zero-order valence-electron chi connectivity index (χ0n) is 12.1. The Morgan fingerprint density at radius 3 is 2.65 bits per heavy atom. The predicted molar refractivity (Wildman–Crippen MR) is 77.9 cm³/mol. The van der Waals surface area contributed by atoms with Crippen molar-refractivity contribution in [2.45, 2.75) is 33.2 Å². The minimum absolute atomic E-state index is 0.308. The fourth-order valence-electron chi connectivity index (χ4n) is 2.17. The Morgan fingerprint density at radius 1 is 1.25 bits per heavy atom. The highest BCUT2D eigenvalue weighted by Gasteiger charge is 2.10. The van der Waals surface area contributed by atoms with E-state index in [2.05, 4.69) is 34.1 Å². The lowest BCUT2D eigenvalue weighted by Gasteiger charge is -2.13. The van der Waals surface area contributed by atoms with E-state index in [4.69, 9.17) is 0 Å². The van der Waals surface area contributed by atoms with Crippen LogP contribution in [-0.4, -0.2) is 26.6 Å². The topological polar surface area (TPSA) is 72.7 Å². The van der Waals surface area contributed by atoms with Crippen LogP contribution < -0.4 is 11.0 Å². The van der Waals surface area contributed by atoms with E-state index in [0.29, 0.717) is 12.5 Å². The van der Waals surface area contributed by atoms with Crippen molar-refractivity contribution in [1.29, 1.82) is 0 Å². The van der Waals surface area contributed by atoms with Crippen LogP contribution >= 0.6 is 0 Å². The molecule has 2 heterocycles. The first-order valence-electron chi connectivity index (χ1n) is 6.76. The second-order valence-corrected chi connectivity index (χ2v) is 4.44. The zero-order valence-corrected chi connectivity index (χ0v) is 12.1. The second-order valence-electron chi connectivity index (χ2n) is 4.44. The molecule has 0 fully saturated rings. The first kappa shape index (κ1) is 14.2. The van der Waals surface area contributed by atoms with E-state index in [1.54, 1.807) is 7.05 Å². The van der Waals surface area contributed by atoms with Gasteiger partial charge in [0.2, 0.25) is 5.95 Å². The molecular formula is C14H19N5O. The number of nitrogens with zero attached hydrogens (tertiary/aromatic N) is 4. The van der Waals surface area contributed by atoms with E-state index >= 15 is 0 Å². The zero-order chi connectivity index (χ0) is 14.5. The van der Waals surface area contributed by atoms with E-state index in [1.165, 1.54) is 16.5 Å². The van der Waals surface area contributed by atoms with Crippen molar-refractivity contribution in [3.8, 4) is 0 Å². The average molecular weight is 273 g/mol. The third kappa shape index (κ3) is 2.84. The Bertz CT molecular complexity index is 628. The number of nitrogens with one attached hydrogen (secondary N) is 1. The minimum Gasteiger partial charge on any atom is -0.357 e. The molecule has 6 nitrogen and oxygen atoms in total. The molecule has 106 valence electrons. The van der Waals surface area contributed by atoms with Gasteiger partial charge in [-0.1, -0.05) is 13.8 Å². The summed E-state index contributed by atoms with van der Waals surface area (Å²) >= 11 is 0. The van der Waals surface area contributed by atoms with Crippen molar-refractivity contribution >= 4 is 5.95 Å². The largest absolute Gasteiger partial charge is 0.357 e. The molecule has 0 bridgehead atoms. The molecular weight excluding hydrogens is 254 g/mol. The molecule has 2 aromatic heterocycles. The Kier molecular flexibility index (Phi) is 4.45. The summed E-state index contributed by atoms with van der Waals surface area (Å²) in [6.07, 6.45) is 5.10. The maximum atomic E-state index is 12.0. The first-order chi connectivity index (χ1) is 9.69. The summed E-state index contributed by atoms with van der Waals surface area (Å²) in [6, 6.07) is 2.00. The fourth-order valence-corrected chi connectivity index (χ4v) is 2.17. The molecule has 0 spiro atoms. The standard InChI is InChI=1S/C14H19N5O/c1-4-10-6-7-16-12(5-2)11(10)8-19-9-17-13(15-3)18-14(19)20/h6-7,9H,4-5,8H2,1-3H3,(H,15,18,20). The van der Waals surface area contributed by atoms with Gasteiger partial charge in [-0.25, -0.2) is 9.78 Å². The molecule has 0 unspecified atom stereocenters.